The van der Waals surface area contributed by atoms with E-state index in [1.165, 1.54) is 18.0 Å². The molecule has 1 unspecified atom stereocenters. The van der Waals surface area contributed by atoms with E-state index in [4.69, 9.17) is 4.43 Å². The third-order valence-corrected chi connectivity index (χ3v) is 13.3. The minimum atomic E-state index is -1.60. The van der Waals surface area contributed by atoms with E-state index in [2.05, 4.69) is 53.9 Å². The largest absolute Gasteiger partial charge is 0.412 e. The first-order valence-electron chi connectivity index (χ1n) is 8.15. The molecule has 0 aromatic heterocycles. The molecular weight excluding hydrogens is 276 g/mol. The molecule has 0 radical (unpaired) electrons. The predicted octanol–water partition coefficient (Wildman–Crippen LogP) is 5.53. The van der Waals surface area contributed by atoms with E-state index in [1.807, 2.05) is 0 Å². The lowest BCUT2D eigenvalue weighted by Gasteiger charge is -2.45. The minimum absolute atomic E-state index is 0.716. The summed E-state index contributed by atoms with van der Waals surface area (Å²) in [7, 11) is -2.88. The zero-order valence-electron chi connectivity index (χ0n) is 14.5. The van der Waals surface area contributed by atoms with Gasteiger partial charge in [-0.15, -0.1) is 0 Å². The van der Waals surface area contributed by atoms with Crippen molar-refractivity contribution in [2.45, 2.75) is 70.9 Å². The van der Waals surface area contributed by atoms with Crippen molar-refractivity contribution in [3.8, 4) is 0 Å². The average Bonchev–Trinajstić information content (AvgIpc) is 2.61. The molecule has 2 aliphatic rings. The highest BCUT2D eigenvalue weighted by Crippen LogP contribution is 2.51. The van der Waals surface area contributed by atoms with Gasteiger partial charge in [-0.3, -0.25) is 0 Å². The molecular formula is C17H32OSi2. The Kier molecular flexibility index (Phi) is 4.27. The van der Waals surface area contributed by atoms with Crippen molar-refractivity contribution in [3.05, 3.63) is 22.9 Å². The van der Waals surface area contributed by atoms with Crippen LogP contribution in [0.15, 0.2) is 22.9 Å². The number of rotatable bonds is 3. The molecule has 0 aromatic carbocycles. The summed E-state index contributed by atoms with van der Waals surface area (Å²) < 4.78 is 6.64. The lowest BCUT2D eigenvalue weighted by Crippen LogP contribution is -2.50. The number of fused-ring (bicyclic) bond motifs is 1. The maximum Gasteiger partial charge on any atom is 0.198 e. The highest BCUT2D eigenvalue weighted by Gasteiger charge is 2.50. The van der Waals surface area contributed by atoms with E-state index in [0.717, 1.165) is 12.5 Å². The van der Waals surface area contributed by atoms with Crippen LogP contribution >= 0.6 is 0 Å². The SMILES string of the molecule is C=C1CC2C[Si](C(C)C)(C(C)C)OCC2=C1[Si](C)(C)C. The molecule has 3 heteroatoms. The molecule has 20 heavy (non-hydrogen) atoms. The van der Waals surface area contributed by atoms with E-state index in [-0.39, 0.29) is 0 Å². The van der Waals surface area contributed by atoms with Gasteiger partial charge in [0.05, 0.1) is 14.7 Å². The Morgan fingerprint density at radius 3 is 2.15 bits per heavy atom. The summed E-state index contributed by atoms with van der Waals surface area (Å²) in [6.07, 6.45) is 1.21. The van der Waals surface area contributed by atoms with Crippen LogP contribution in [0.5, 0.6) is 0 Å². The van der Waals surface area contributed by atoms with Gasteiger partial charge >= 0.3 is 0 Å². The van der Waals surface area contributed by atoms with Gasteiger partial charge in [-0.1, -0.05) is 64.7 Å². The van der Waals surface area contributed by atoms with Gasteiger partial charge in [0.25, 0.3) is 0 Å². The van der Waals surface area contributed by atoms with Crippen molar-refractivity contribution in [2.75, 3.05) is 6.61 Å². The first kappa shape index (κ1) is 16.2. The Morgan fingerprint density at radius 1 is 1.15 bits per heavy atom. The molecule has 1 nitrogen and oxygen atoms in total. The van der Waals surface area contributed by atoms with Crippen molar-refractivity contribution in [3.63, 3.8) is 0 Å². The summed E-state index contributed by atoms with van der Waals surface area (Å²) in [5.41, 5.74) is 4.50. The van der Waals surface area contributed by atoms with Crippen LogP contribution in [0, 0.1) is 5.92 Å². The third kappa shape index (κ3) is 2.53. The molecule has 114 valence electrons. The Bertz CT molecular complexity index is 432. The summed E-state index contributed by atoms with van der Waals surface area (Å²) in [6, 6.07) is 1.32. The quantitative estimate of drug-likeness (QED) is 0.623. The highest BCUT2D eigenvalue weighted by atomic mass is 28.4. The van der Waals surface area contributed by atoms with Crippen LogP contribution in [0.3, 0.4) is 0 Å². The van der Waals surface area contributed by atoms with E-state index in [0.29, 0.717) is 11.1 Å². The lowest BCUT2D eigenvalue weighted by molar-refractivity contribution is 0.275. The van der Waals surface area contributed by atoms with Crippen LogP contribution in [-0.2, 0) is 4.43 Å². The van der Waals surface area contributed by atoms with Gasteiger partial charge in [0.2, 0.25) is 0 Å². The van der Waals surface area contributed by atoms with Gasteiger partial charge in [0.15, 0.2) is 8.32 Å². The van der Waals surface area contributed by atoms with E-state index < -0.39 is 16.4 Å². The standard InChI is InChI=1S/C17H32OSi2/c1-12(2)20(13(3)4)11-15-9-14(5)17(19(6,7)8)16(15)10-18-20/h12-13,15H,5,9-11H2,1-4,6-8H3. The summed E-state index contributed by atoms with van der Waals surface area (Å²) >= 11 is 0. The molecule has 2 rings (SSSR count). The number of hydrogen-bond donors (Lipinski definition) is 0. The van der Waals surface area contributed by atoms with Crippen LogP contribution in [-0.4, -0.2) is 23.0 Å². The third-order valence-electron chi connectivity index (χ3n) is 5.43. The van der Waals surface area contributed by atoms with E-state index in [9.17, 15) is 0 Å². The monoisotopic (exact) mass is 308 g/mol. The fraction of sp³-hybridized carbons (Fsp3) is 0.765. The Labute approximate surface area is 127 Å². The van der Waals surface area contributed by atoms with Gasteiger partial charge in [0, 0.05) is 0 Å². The van der Waals surface area contributed by atoms with Crippen LogP contribution < -0.4 is 0 Å². The van der Waals surface area contributed by atoms with Crippen molar-refractivity contribution in [2.24, 2.45) is 5.92 Å². The van der Waals surface area contributed by atoms with Gasteiger partial charge in [-0.05, 0) is 35.0 Å². The Hall–Kier alpha value is -0.126. The zero-order chi connectivity index (χ0) is 15.3. The van der Waals surface area contributed by atoms with E-state index >= 15 is 0 Å². The summed E-state index contributed by atoms with van der Waals surface area (Å²) in [5, 5.41) is 1.65. The molecule has 1 fully saturated rings. The minimum Gasteiger partial charge on any atom is -0.412 e. The second kappa shape index (κ2) is 5.25. The Morgan fingerprint density at radius 2 is 1.70 bits per heavy atom. The summed E-state index contributed by atoms with van der Waals surface area (Å²) in [5.74, 6) is 0.759. The first-order chi connectivity index (χ1) is 9.09. The van der Waals surface area contributed by atoms with Crippen LogP contribution in [0.1, 0.15) is 34.1 Å². The lowest BCUT2D eigenvalue weighted by atomic mass is 10.0. The molecule has 1 atom stereocenters. The first-order valence-corrected chi connectivity index (χ1v) is 13.9. The van der Waals surface area contributed by atoms with Crippen molar-refractivity contribution in [1.82, 2.24) is 0 Å². The van der Waals surface area contributed by atoms with Crippen LogP contribution in [0.4, 0.5) is 0 Å². The summed E-state index contributed by atoms with van der Waals surface area (Å²) in [6.45, 7) is 22.2. The molecule has 1 saturated heterocycles. The van der Waals surface area contributed by atoms with E-state index in [1.54, 1.807) is 10.8 Å². The van der Waals surface area contributed by atoms with Gasteiger partial charge in [-0.2, -0.15) is 0 Å². The maximum atomic E-state index is 6.64. The molecule has 1 aliphatic heterocycles. The molecule has 0 aromatic rings. The number of hydrogen-bond acceptors (Lipinski definition) is 1. The summed E-state index contributed by atoms with van der Waals surface area (Å²) in [4.78, 5) is 0. The number of allylic oxidation sites excluding steroid dienone is 2. The van der Waals surface area contributed by atoms with Crippen LogP contribution in [0.2, 0.25) is 36.8 Å². The topological polar surface area (TPSA) is 9.23 Å². The normalized spacial score (nSPS) is 26.6. The van der Waals surface area contributed by atoms with Crippen LogP contribution in [0.25, 0.3) is 0 Å². The highest BCUT2D eigenvalue weighted by molar-refractivity contribution is 6.84. The fourth-order valence-corrected chi connectivity index (χ4v) is 11.5. The average molecular weight is 309 g/mol. The van der Waals surface area contributed by atoms with Crippen molar-refractivity contribution < 1.29 is 4.43 Å². The fourth-order valence-electron chi connectivity index (χ4n) is 4.48. The van der Waals surface area contributed by atoms with Crippen molar-refractivity contribution >= 4 is 16.4 Å². The van der Waals surface area contributed by atoms with Gasteiger partial charge in [-0.25, -0.2) is 0 Å². The molecule has 0 bridgehead atoms. The Balaban J connectivity index is 2.36. The maximum absolute atomic E-state index is 6.64. The second-order valence-electron chi connectivity index (χ2n) is 8.41. The zero-order valence-corrected chi connectivity index (χ0v) is 16.5. The van der Waals surface area contributed by atoms with Gasteiger partial charge < -0.3 is 4.43 Å². The second-order valence-corrected chi connectivity index (χ2v) is 18.3. The van der Waals surface area contributed by atoms with Crippen molar-refractivity contribution in [1.29, 1.82) is 0 Å². The molecule has 1 aliphatic carbocycles. The van der Waals surface area contributed by atoms with Gasteiger partial charge in [0.1, 0.15) is 0 Å². The molecule has 0 saturated carbocycles. The molecule has 0 spiro atoms. The molecule has 0 amide bonds. The predicted molar refractivity (Wildman–Crippen MR) is 94.3 cm³/mol. The smallest absolute Gasteiger partial charge is 0.198 e. The molecule has 0 N–H and O–H groups in total. The molecule has 1 heterocycles.